The zero-order chi connectivity index (χ0) is 14.1. The lowest BCUT2D eigenvalue weighted by Gasteiger charge is -2.58. The van der Waals surface area contributed by atoms with Gasteiger partial charge in [-0.05, 0) is 37.0 Å². The van der Waals surface area contributed by atoms with E-state index in [4.69, 9.17) is 5.73 Å². The quantitative estimate of drug-likeness (QED) is 0.798. The van der Waals surface area contributed by atoms with Gasteiger partial charge in [-0.25, -0.2) is 0 Å². The molecule has 0 radical (unpaired) electrons. The molecule has 0 spiro atoms. The highest BCUT2D eigenvalue weighted by Gasteiger charge is 2.56. The second-order valence-electron chi connectivity index (χ2n) is 8.13. The van der Waals surface area contributed by atoms with Crippen LogP contribution in [0.1, 0.15) is 78.6 Å². The number of hydrogen-bond donors (Lipinski definition) is 2. The highest BCUT2D eigenvalue weighted by molar-refractivity contribution is 5.08. The van der Waals surface area contributed by atoms with E-state index in [1.807, 2.05) is 0 Å². The van der Waals surface area contributed by atoms with Crippen molar-refractivity contribution in [2.45, 2.75) is 84.2 Å². The predicted octanol–water partition coefficient (Wildman–Crippen LogP) is 3.86. The van der Waals surface area contributed by atoms with Crippen LogP contribution in [0.5, 0.6) is 0 Å². The molecule has 0 heterocycles. The lowest BCUT2D eigenvalue weighted by atomic mass is 9.51. The maximum Gasteiger partial charge on any atom is 0.0748 e. The van der Waals surface area contributed by atoms with Crippen LogP contribution in [0.3, 0.4) is 0 Å². The summed E-state index contributed by atoms with van der Waals surface area (Å²) in [4.78, 5) is 0. The van der Waals surface area contributed by atoms with Crippen LogP contribution in [0.15, 0.2) is 0 Å². The number of hydrogen-bond acceptors (Lipinski definition) is 2. The third kappa shape index (κ3) is 2.58. The van der Waals surface area contributed by atoms with Crippen molar-refractivity contribution in [2.75, 3.05) is 6.54 Å². The summed E-state index contributed by atoms with van der Waals surface area (Å²) in [6.45, 7) is 7.54. The first-order valence-corrected chi connectivity index (χ1v) is 8.28. The summed E-state index contributed by atoms with van der Waals surface area (Å²) in [5.41, 5.74) is 5.84. The van der Waals surface area contributed by atoms with Crippen molar-refractivity contribution in [3.63, 3.8) is 0 Å². The smallest absolute Gasteiger partial charge is 0.0748 e. The van der Waals surface area contributed by atoms with Gasteiger partial charge in [-0.3, -0.25) is 0 Å². The summed E-state index contributed by atoms with van der Waals surface area (Å²) in [7, 11) is 0. The fraction of sp³-hybridized carbons (Fsp3) is 1.00. The Bertz CT molecular complexity index is 301. The second-order valence-corrected chi connectivity index (χ2v) is 8.13. The minimum Gasteiger partial charge on any atom is -0.389 e. The van der Waals surface area contributed by atoms with Crippen LogP contribution in [0, 0.1) is 16.7 Å². The summed E-state index contributed by atoms with van der Waals surface area (Å²) in [5.74, 6) is 0.399. The minimum absolute atomic E-state index is 0.0103. The molecule has 3 N–H and O–H groups in total. The number of nitrogens with two attached hydrogens (primary N) is 1. The first kappa shape index (κ1) is 15.3. The largest absolute Gasteiger partial charge is 0.389 e. The fourth-order valence-electron chi connectivity index (χ4n) is 4.98. The maximum absolute atomic E-state index is 11.7. The van der Waals surface area contributed by atoms with Gasteiger partial charge >= 0.3 is 0 Å². The highest BCUT2D eigenvalue weighted by Crippen LogP contribution is 2.56. The lowest BCUT2D eigenvalue weighted by molar-refractivity contribution is -0.182. The van der Waals surface area contributed by atoms with Gasteiger partial charge in [0, 0.05) is 12.0 Å². The Hall–Kier alpha value is -0.0800. The van der Waals surface area contributed by atoms with Crippen LogP contribution in [0.2, 0.25) is 0 Å². The van der Waals surface area contributed by atoms with Crippen LogP contribution in [-0.4, -0.2) is 17.3 Å². The highest BCUT2D eigenvalue weighted by atomic mass is 16.3. The van der Waals surface area contributed by atoms with E-state index in [-0.39, 0.29) is 10.8 Å². The molecule has 0 amide bonds. The molecule has 0 aromatic carbocycles. The molecule has 2 rings (SSSR count). The molecule has 0 aliphatic heterocycles. The number of rotatable bonds is 2. The summed E-state index contributed by atoms with van der Waals surface area (Å²) in [5, 5.41) is 11.7. The van der Waals surface area contributed by atoms with Crippen molar-refractivity contribution in [1.29, 1.82) is 0 Å². The van der Waals surface area contributed by atoms with E-state index in [1.54, 1.807) is 0 Å². The molecule has 0 saturated heterocycles. The molecule has 2 heteroatoms. The average molecular weight is 267 g/mol. The van der Waals surface area contributed by atoms with E-state index < -0.39 is 5.60 Å². The van der Waals surface area contributed by atoms with Gasteiger partial charge in [-0.2, -0.15) is 0 Å². The molecule has 19 heavy (non-hydrogen) atoms. The van der Waals surface area contributed by atoms with E-state index in [2.05, 4.69) is 20.8 Å². The standard InChI is InChI=1S/C17H33NO/c1-15(2,3)14-9-5-8-12-17(14,19)16(13-18)10-6-4-7-11-16/h14,19H,4-13,18H2,1-3H3. The second kappa shape index (κ2) is 5.37. The molecular weight excluding hydrogens is 234 g/mol. The van der Waals surface area contributed by atoms with E-state index >= 15 is 0 Å². The fourth-order valence-corrected chi connectivity index (χ4v) is 4.98. The van der Waals surface area contributed by atoms with Gasteiger partial charge in [0.1, 0.15) is 0 Å². The maximum atomic E-state index is 11.7. The third-order valence-electron chi connectivity index (χ3n) is 6.04. The van der Waals surface area contributed by atoms with Crippen molar-refractivity contribution in [3.8, 4) is 0 Å². The topological polar surface area (TPSA) is 46.2 Å². The molecule has 2 unspecified atom stereocenters. The van der Waals surface area contributed by atoms with Gasteiger partial charge in [0.05, 0.1) is 5.60 Å². The molecule has 2 saturated carbocycles. The Morgan fingerprint density at radius 3 is 2.11 bits per heavy atom. The number of aliphatic hydroxyl groups is 1. The third-order valence-corrected chi connectivity index (χ3v) is 6.04. The Morgan fingerprint density at radius 2 is 1.58 bits per heavy atom. The zero-order valence-electron chi connectivity index (χ0n) is 13.2. The van der Waals surface area contributed by atoms with E-state index in [0.29, 0.717) is 12.5 Å². The molecule has 0 bridgehead atoms. The van der Waals surface area contributed by atoms with Crippen molar-refractivity contribution in [1.82, 2.24) is 0 Å². The van der Waals surface area contributed by atoms with Crippen molar-refractivity contribution in [2.24, 2.45) is 22.5 Å². The molecular formula is C17H33NO. The lowest BCUT2D eigenvalue weighted by Crippen LogP contribution is -2.61. The average Bonchev–Trinajstić information content (AvgIpc) is 2.38. The Kier molecular flexibility index (Phi) is 4.32. The zero-order valence-corrected chi connectivity index (χ0v) is 13.2. The minimum atomic E-state index is -0.529. The monoisotopic (exact) mass is 267 g/mol. The summed E-state index contributed by atoms with van der Waals surface area (Å²) in [6, 6.07) is 0. The van der Waals surface area contributed by atoms with Gasteiger partial charge < -0.3 is 10.8 Å². The van der Waals surface area contributed by atoms with E-state index in [9.17, 15) is 5.11 Å². The first-order valence-electron chi connectivity index (χ1n) is 8.28. The van der Waals surface area contributed by atoms with Crippen LogP contribution in [0.4, 0.5) is 0 Å². The molecule has 2 nitrogen and oxygen atoms in total. The summed E-state index contributed by atoms with van der Waals surface area (Å²) in [6.07, 6.45) is 10.6. The van der Waals surface area contributed by atoms with Gasteiger partial charge in [0.15, 0.2) is 0 Å². The van der Waals surface area contributed by atoms with Gasteiger partial charge in [0.2, 0.25) is 0 Å². The molecule has 2 fully saturated rings. The SMILES string of the molecule is CC(C)(C)C1CCCCC1(O)C1(CN)CCCCC1. The van der Waals surface area contributed by atoms with E-state index in [1.165, 1.54) is 38.5 Å². The van der Waals surface area contributed by atoms with Crippen molar-refractivity contribution in [3.05, 3.63) is 0 Å². The van der Waals surface area contributed by atoms with Crippen LogP contribution < -0.4 is 5.73 Å². The Balaban J connectivity index is 2.35. The molecule has 0 aromatic heterocycles. The molecule has 2 atom stereocenters. The van der Waals surface area contributed by atoms with E-state index in [0.717, 1.165) is 19.3 Å². The Morgan fingerprint density at radius 1 is 1.00 bits per heavy atom. The molecule has 2 aliphatic carbocycles. The first-order chi connectivity index (χ1) is 8.86. The van der Waals surface area contributed by atoms with Gasteiger partial charge in [0.25, 0.3) is 0 Å². The van der Waals surface area contributed by atoms with Crippen LogP contribution >= 0.6 is 0 Å². The molecule has 0 aromatic rings. The van der Waals surface area contributed by atoms with Gasteiger partial charge in [-0.15, -0.1) is 0 Å². The van der Waals surface area contributed by atoms with Crippen LogP contribution in [-0.2, 0) is 0 Å². The normalized spacial score (nSPS) is 36.2. The van der Waals surface area contributed by atoms with Crippen molar-refractivity contribution < 1.29 is 5.11 Å². The summed E-state index contributed by atoms with van der Waals surface area (Å²) < 4.78 is 0. The predicted molar refractivity (Wildman–Crippen MR) is 80.9 cm³/mol. The molecule has 2 aliphatic rings. The van der Waals surface area contributed by atoms with Crippen LogP contribution in [0.25, 0.3) is 0 Å². The Labute approximate surface area is 119 Å². The van der Waals surface area contributed by atoms with Gasteiger partial charge in [-0.1, -0.05) is 52.9 Å². The molecule has 112 valence electrons. The summed E-state index contributed by atoms with van der Waals surface area (Å²) >= 11 is 0. The van der Waals surface area contributed by atoms with Crippen molar-refractivity contribution >= 4 is 0 Å².